The van der Waals surface area contributed by atoms with E-state index in [1.165, 1.54) is 6.39 Å². The molecule has 2 rings (SSSR count). The second kappa shape index (κ2) is 3.04. The van der Waals surface area contributed by atoms with E-state index in [1.54, 1.807) is 12.4 Å². The second-order valence-electron chi connectivity index (χ2n) is 2.17. The van der Waals surface area contributed by atoms with Crippen LogP contribution in [0.1, 0.15) is 5.89 Å². The molecule has 2 aromatic rings. The van der Waals surface area contributed by atoms with E-state index >= 15 is 0 Å². The molecule has 0 unspecified atom stereocenters. The molecule has 0 radical (unpaired) electrons. The fourth-order valence-electron chi connectivity index (χ4n) is 0.798. The number of nitrogens with zero attached hydrogens (tertiary/aromatic N) is 3. The lowest BCUT2D eigenvalue weighted by Crippen LogP contribution is -1.98. The first kappa shape index (κ1) is 6.84. The minimum absolute atomic E-state index is 0.513. The molecule has 2 heterocycles. The van der Waals surface area contributed by atoms with E-state index in [1.807, 2.05) is 0 Å². The van der Waals surface area contributed by atoms with Crippen molar-refractivity contribution in [2.75, 3.05) is 5.32 Å². The van der Waals surface area contributed by atoms with Crippen LogP contribution in [0.5, 0.6) is 0 Å². The van der Waals surface area contributed by atoms with Gasteiger partial charge in [0.15, 0.2) is 0 Å². The number of aromatic amines is 1. The van der Waals surface area contributed by atoms with E-state index in [9.17, 15) is 0 Å². The molecule has 0 aromatic carbocycles. The monoisotopic (exact) mass is 165 g/mol. The van der Waals surface area contributed by atoms with Gasteiger partial charge in [-0.15, -0.1) is 10.2 Å². The molecule has 12 heavy (non-hydrogen) atoms. The summed E-state index contributed by atoms with van der Waals surface area (Å²) in [4.78, 5) is 0. The first-order valence-electron chi connectivity index (χ1n) is 3.43. The average Bonchev–Trinajstić information content (AvgIpc) is 2.74. The SMILES string of the molecule is c1nnc(CNc2cn[nH]c2)o1. The minimum Gasteiger partial charge on any atom is -0.426 e. The molecule has 0 atom stereocenters. The molecule has 0 saturated carbocycles. The summed E-state index contributed by atoms with van der Waals surface area (Å²) in [5.41, 5.74) is 0.896. The van der Waals surface area contributed by atoms with Crippen molar-refractivity contribution in [1.29, 1.82) is 0 Å². The molecule has 0 bridgehead atoms. The third-order valence-corrected chi connectivity index (χ3v) is 1.35. The highest BCUT2D eigenvalue weighted by Crippen LogP contribution is 2.02. The van der Waals surface area contributed by atoms with Gasteiger partial charge in [-0.25, -0.2) is 0 Å². The zero-order chi connectivity index (χ0) is 8.23. The average molecular weight is 165 g/mol. The lowest BCUT2D eigenvalue weighted by Gasteiger charge is -1.96. The molecule has 0 fully saturated rings. The second-order valence-corrected chi connectivity index (χ2v) is 2.17. The van der Waals surface area contributed by atoms with Crippen molar-refractivity contribution < 1.29 is 4.42 Å². The molecule has 0 spiro atoms. The maximum atomic E-state index is 4.92. The topological polar surface area (TPSA) is 79.6 Å². The fraction of sp³-hybridized carbons (Fsp3) is 0.167. The normalized spacial score (nSPS) is 10.0. The molecule has 0 aliphatic heterocycles. The number of nitrogens with one attached hydrogen (secondary N) is 2. The zero-order valence-corrected chi connectivity index (χ0v) is 6.19. The Kier molecular flexibility index (Phi) is 1.73. The molecule has 2 N–H and O–H groups in total. The quantitative estimate of drug-likeness (QED) is 0.688. The molecule has 0 aliphatic rings. The van der Waals surface area contributed by atoms with Gasteiger partial charge < -0.3 is 9.73 Å². The van der Waals surface area contributed by atoms with Gasteiger partial charge in [0.1, 0.15) is 0 Å². The van der Waals surface area contributed by atoms with Gasteiger partial charge in [0.05, 0.1) is 18.4 Å². The Morgan fingerprint density at radius 3 is 3.25 bits per heavy atom. The van der Waals surface area contributed by atoms with Gasteiger partial charge in [-0.2, -0.15) is 5.10 Å². The van der Waals surface area contributed by atoms with Gasteiger partial charge in [-0.05, 0) is 0 Å². The largest absolute Gasteiger partial charge is 0.426 e. The third kappa shape index (κ3) is 1.42. The van der Waals surface area contributed by atoms with Gasteiger partial charge >= 0.3 is 0 Å². The van der Waals surface area contributed by atoms with Crippen molar-refractivity contribution in [2.45, 2.75) is 6.54 Å². The predicted octanol–water partition coefficient (Wildman–Crippen LogP) is 0.405. The summed E-state index contributed by atoms with van der Waals surface area (Å²) in [6.07, 6.45) is 4.72. The van der Waals surface area contributed by atoms with Gasteiger partial charge in [0.2, 0.25) is 12.3 Å². The van der Waals surface area contributed by atoms with E-state index in [0.29, 0.717) is 12.4 Å². The van der Waals surface area contributed by atoms with Crippen molar-refractivity contribution >= 4 is 5.69 Å². The number of aromatic nitrogens is 4. The predicted molar refractivity (Wildman–Crippen MR) is 40.2 cm³/mol. The van der Waals surface area contributed by atoms with Crippen LogP contribution < -0.4 is 5.32 Å². The number of anilines is 1. The Hall–Kier alpha value is -1.85. The van der Waals surface area contributed by atoms with Crippen LogP contribution in [0.25, 0.3) is 0 Å². The first-order valence-corrected chi connectivity index (χ1v) is 3.43. The Labute approximate surface area is 68.0 Å². The number of H-pyrrole nitrogens is 1. The molecular weight excluding hydrogens is 158 g/mol. The van der Waals surface area contributed by atoms with Crippen molar-refractivity contribution in [3.8, 4) is 0 Å². The van der Waals surface area contributed by atoms with E-state index in [0.717, 1.165) is 5.69 Å². The van der Waals surface area contributed by atoms with Crippen molar-refractivity contribution in [2.24, 2.45) is 0 Å². The summed E-state index contributed by atoms with van der Waals surface area (Å²) in [5, 5.41) is 16.7. The number of hydrogen-bond acceptors (Lipinski definition) is 5. The Balaban J connectivity index is 1.91. The van der Waals surface area contributed by atoms with Crippen LogP contribution in [0.4, 0.5) is 5.69 Å². The van der Waals surface area contributed by atoms with E-state index in [2.05, 4.69) is 25.7 Å². The molecule has 62 valence electrons. The van der Waals surface area contributed by atoms with Crippen molar-refractivity contribution in [1.82, 2.24) is 20.4 Å². The summed E-state index contributed by atoms with van der Waals surface area (Å²) >= 11 is 0. The van der Waals surface area contributed by atoms with Crippen LogP contribution in [-0.2, 0) is 6.54 Å². The van der Waals surface area contributed by atoms with Gasteiger partial charge in [-0.1, -0.05) is 0 Å². The van der Waals surface area contributed by atoms with Crippen LogP contribution >= 0.6 is 0 Å². The summed E-state index contributed by atoms with van der Waals surface area (Å²) in [7, 11) is 0. The number of hydrogen-bond donors (Lipinski definition) is 2. The van der Waals surface area contributed by atoms with E-state index in [4.69, 9.17) is 4.42 Å². The zero-order valence-electron chi connectivity index (χ0n) is 6.19. The Morgan fingerprint density at radius 2 is 2.58 bits per heavy atom. The maximum Gasteiger partial charge on any atom is 0.235 e. The van der Waals surface area contributed by atoms with Gasteiger partial charge in [-0.3, -0.25) is 5.10 Å². The highest BCUT2D eigenvalue weighted by molar-refractivity contribution is 5.37. The van der Waals surface area contributed by atoms with Crippen LogP contribution in [-0.4, -0.2) is 20.4 Å². The Bertz CT molecular complexity index is 279. The van der Waals surface area contributed by atoms with E-state index < -0.39 is 0 Å². The number of rotatable bonds is 3. The minimum atomic E-state index is 0.513. The summed E-state index contributed by atoms with van der Waals surface area (Å²) in [6, 6.07) is 0. The molecular formula is C6H7N5O. The summed E-state index contributed by atoms with van der Waals surface area (Å²) in [5.74, 6) is 0.552. The first-order chi connectivity index (χ1) is 5.95. The maximum absolute atomic E-state index is 4.92. The molecule has 6 heteroatoms. The highest BCUT2D eigenvalue weighted by atomic mass is 16.4. The molecule has 0 saturated heterocycles. The van der Waals surface area contributed by atoms with Crippen LogP contribution in [0.3, 0.4) is 0 Å². The highest BCUT2D eigenvalue weighted by Gasteiger charge is 1.97. The van der Waals surface area contributed by atoms with Gasteiger partial charge in [0.25, 0.3) is 0 Å². The molecule has 0 amide bonds. The van der Waals surface area contributed by atoms with Crippen molar-refractivity contribution in [3.05, 3.63) is 24.7 Å². The summed E-state index contributed by atoms with van der Waals surface area (Å²) < 4.78 is 4.92. The Morgan fingerprint density at radius 1 is 1.58 bits per heavy atom. The smallest absolute Gasteiger partial charge is 0.235 e. The van der Waals surface area contributed by atoms with Gasteiger partial charge in [0, 0.05) is 6.20 Å². The standard InChI is InChI=1S/C6H7N5O/c1-5(2-9-8-1)7-3-6-11-10-4-12-6/h1-2,4,7H,3H2,(H,8,9). The fourth-order valence-corrected chi connectivity index (χ4v) is 0.798. The van der Waals surface area contributed by atoms with E-state index in [-0.39, 0.29) is 0 Å². The van der Waals surface area contributed by atoms with Crippen molar-refractivity contribution in [3.63, 3.8) is 0 Å². The van der Waals surface area contributed by atoms with Crippen LogP contribution in [0.15, 0.2) is 23.2 Å². The van der Waals surface area contributed by atoms with Crippen LogP contribution in [0, 0.1) is 0 Å². The molecule has 6 nitrogen and oxygen atoms in total. The lowest BCUT2D eigenvalue weighted by molar-refractivity contribution is 0.502. The lowest BCUT2D eigenvalue weighted by atomic mass is 10.5. The van der Waals surface area contributed by atoms with Crippen LogP contribution in [0.2, 0.25) is 0 Å². The third-order valence-electron chi connectivity index (χ3n) is 1.35. The molecule has 2 aromatic heterocycles. The summed E-state index contributed by atoms with van der Waals surface area (Å²) in [6.45, 7) is 0.513. The molecule has 0 aliphatic carbocycles.